The molecule has 0 bridgehead atoms. The van der Waals surface area contributed by atoms with Gasteiger partial charge in [-0.2, -0.15) is 0 Å². The fraction of sp³-hybridized carbons (Fsp3) is 0. The third kappa shape index (κ3) is 3.23. The van der Waals surface area contributed by atoms with Crippen molar-refractivity contribution in [2.75, 3.05) is 10.6 Å². The first kappa shape index (κ1) is 19.6. The summed E-state index contributed by atoms with van der Waals surface area (Å²) in [6, 6.07) is 22.1. The molecule has 2 aliphatic rings. The molecule has 0 saturated heterocycles. The standard InChI is InChI=1S/C24H16N2O3S3/c27-13-9-19-23(25-15-5-1-3-7-17(15)30-19)21(11-13)32(29)22-12-14(28)10-20-24(22)26-16-6-2-4-8-18(16)31-20/h1-12,25-28H. The Morgan fingerprint density at radius 2 is 1.06 bits per heavy atom. The first-order chi connectivity index (χ1) is 15.6. The number of fused-ring (bicyclic) bond motifs is 4. The Morgan fingerprint density at radius 3 is 1.53 bits per heavy atom. The third-order valence-electron chi connectivity index (χ3n) is 5.23. The van der Waals surface area contributed by atoms with Gasteiger partial charge in [0.15, 0.2) is 0 Å². The van der Waals surface area contributed by atoms with E-state index in [1.165, 1.54) is 35.7 Å². The number of nitrogens with one attached hydrogen (secondary N) is 2. The van der Waals surface area contributed by atoms with Gasteiger partial charge in [0.05, 0.1) is 43.3 Å². The smallest absolute Gasteiger partial charge is 0.118 e. The molecule has 158 valence electrons. The highest BCUT2D eigenvalue weighted by Crippen LogP contribution is 2.51. The second-order valence-electron chi connectivity index (χ2n) is 7.35. The van der Waals surface area contributed by atoms with Crippen LogP contribution < -0.4 is 10.6 Å². The fourth-order valence-electron chi connectivity index (χ4n) is 3.79. The van der Waals surface area contributed by atoms with Gasteiger partial charge in [-0.1, -0.05) is 47.8 Å². The number of para-hydroxylation sites is 2. The molecule has 2 aliphatic heterocycles. The Hall–Kier alpha value is -3.07. The number of phenolic OH excluding ortho intramolecular Hbond substituents is 2. The second-order valence-corrected chi connectivity index (χ2v) is 10.9. The molecule has 4 N–H and O–H groups in total. The minimum Gasteiger partial charge on any atom is -0.508 e. The van der Waals surface area contributed by atoms with Crippen molar-refractivity contribution in [2.45, 2.75) is 29.4 Å². The van der Waals surface area contributed by atoms with E-state index >= 15 is 0 Å². The van der Waals surface area contributed by atoms with Crippen molar-refractivity contribution in [3.8, 4) is 11.5 Å². The molecule has 0 fully saturated rings. The normalized spacial score (nSPS) is 13.3. The van der Waals surface area contributed by atoms with Crippen LogP contribution in [0, 0.1) is 0 Å². The molecule has 5 nitrogen and oxygen atoms in total. The summed E-state index contributed by atoms with van der Waals surface area (Å²) in [6.07, 6.45) is 0. The number of hydrogen-bond acceptors (Lipinski definition) is 7. The molecule has 0 aliphatic carbocycles. The molecule has 0 spiro atoms. The summed E-state index contributed by atoms with van der Waals surface area (Å²) >= 11 is 3.04. The molecule has 0 radical (unpaired) electrons. The summed E-state index contributed by atoms with van der Waals surface area (Å²) in [5, 5.41) is 27.6. The summed E-state index contributed by atoms with van der Waals surface area (Å²) < 4.78 is 13.9. The van der Waals surface area contributed by atoms with Crippen LogP contribution in [0.3, 0.4) is 0 Å². The van der Waals surface area contributed by atoms with Crippen molar-refractivity contribution in [1.82, 2.24) is 0 Å². The highest BCUT2D eigenvalue weighted by atomic mass is 32.2. The summed E-state index contributed by atoms with van der Waals surface area (Å²) in [7, 11) is -1.67. The van der Waals surface area contributed by atoms with Crippen molar-refractivity contribution in [1.29, 1.82) is 0 Å². The zero-order valence-corrected chi connectivity index (χ0v) is 18.9. The number of benzene rings is 4. The minimum absolute atomic E-state index is 0.0440. The molecule has 0 saturated carbocycles. The Bertz CT molecular complexity index is 1330. The SMILES string of the molecule is O=S(c1cc(O)cc2c1Nc1ccccc1S2)c1cc(O)cc2c1Nc1ccccc1S2. The van der Waals surface area contributed by atoms with Crippen LogP contribution in [-0.2, 0) is 10.8 Å². The van der Waals surface area contributed by atoms with Crippen LogP contribution in [0.4, 0.5) is 22.7 Å². The predicted molar refractivity (Wildman–Crippen MR) is 129 cm³/mol. The molecule has 0 amide bonds. The van der Waals surface area contributed by atoms with Crippen molar-refractivity contribution in [3.05, 3.63) is 72.8 Å². The van der Waals surface area contributed by atoms with E-state index in [2.05, 4.69) is 10.6 Å². The van der Waals surface area contributed by atoms with E-state index in [9.17, 15) is 14.4 Å². The molecule has 0 aromatic heterocycles. The highest BCUT2D eigenvalue weighted by molar-refractivity contribution is 8.00. The molecule has 4 aromatic carbocycles. The lowest BCUT2D eigenvalue weighted by Crippen LogP contribution is -2.08. The predicted octanol–water partition coefficient (Wildman–Crippen LogP) is 6.68. The van der Waals surface area contributed by atoms with Crippen LogP contribution in [0.15, 0.2) is 102 Å². The second kappa shape index (κ2) is 7.51. The lowest BCUT2D eigenvalue weighted by Gasteiger charge is -2.25. The van der Waals surface area contributed by atoms with Crippen LogP contribution in [0.2, 0.25) is 0 Å². The summed E-state index contributed by atoms with van der Waals surface area (Å²) in [6.45, 7) is 0. The van der Waals surface area contributed by atoms with E-state index in [0.29, 0.717) is 21.2 Å². The number of phenols is 2. The van der Waals surface area contributed by atoms with Gasteiger partial charge >= 0.3 is 0 Å². The molecule has 8 heteroatoms. The molecule has 32 heavy (non-hydrogen) atoms. The molecular formula is C24H16N2O3S3. The number of hydrogen-bond donors (Lipinski definition) is 4. The van der Waals surface area contributed by atoms with Gasteiger partial charge in [-0.15, -0.1) is 0 Å². The zero-order valence-electron chi connectivity index (χ0n) is 16.5. The number of aromatic hydroxyl groups is 2. The van der Waals surface area contributed by atoms with Gasteiger partial charge < -0.3 is 20.8 Å². The maximum atomic E-state index is 13.9. The fourth-order valence-corrected chi connectivity index (χ4v) is 7.42. The number of anilines is 4. The van der Waals surface area contributed by atoms with E-state index in [1.54, 1.807) is 12.1 Å². The van der Waals surface area contributed by atoms with Crippen molar-refractivity contribution >= 4 is 57.1 Å². The van der Waals surface area contributed by atoms with Gasteiger partial charge in [0.25, 0.3) is 0 Å². The summed E-state index contributed by atoms with van der Waals surface area (Å²) in [5.74, 6) is 0.0879. The van der Waals surface area contributed by atoms with Crippen LogP contribution in [0.5, 0.6) is 11.5 Å². The quantitative estimate of drug-likeness (QED) is 0.208. The maximum absolute atomic E-state index is 13.9. The summed E-state index contributed by atoms with van der Waals surface area (Å²) in [5.41, 5.74) is 3.25. The van der Waals surface area contributed by atoms with Crippen LogP contribution in [0.1, 0.15) is 0 Å². The largest absolute Gasteiger partial charge is 0.508 e. The maximum Gasteiger partial charge on any atom is 0.118 e. The van der Waals surface area contributed by atoms with E-state index in [1.807, 2.05) is 48.5 Å². The third-order valence-corrected chi connectivity index (χ3v) is 8.91. The van der Waals surface area contributed by atoms with Crippen molar-refractivity contribution in [2.24, 2.45) is 0 Å². The average molecular weight is 477 g/mol. The highest BCUT2D eigenvalue weighted by Gasteiger charge is 2.27. The zero-order chi connectivity index (χ0) is 21.8. The van der Waals surface area contributed by atoms with Crippen molar-refractivity contribution < 1.29 is 14.4 Å². The van der Waals surface area contributed by atoms with Gasteiger partial charge in [0, 0.05) is 19.6 Å². The van der Waals surface area contributed by atoms with Gasteiger partial charge in [-0.25, -0.2) is 4.21 Å². The van der Waals surface area contributed by atoms with Gasteiger partial charge in [-0.05, 0) is 48.5 Å². The molecule has 2 heterocycles. The lowest BCUT2D eigenvalue weighted by atomic mass is 10.2. The molecule has 0 atom stereocenters. The molecule has 0 unspecified atom stereocenters. The Morgan fingerprint density at radius 1 is 0.625 bits per heavy atom. The Kier molecular flexibility index (Phi) is 4.60. The molecule has 6 rings (SSSR count). The first-order valence-corrected chi connectivity index (χ1v) is 12.6. The average Bonchev–Trinajstić information content (AvgIpc) is 2.80. The number of rotatable bonds is 2. The Labute approximate surface area is 195 Å². The van der Waals surface area contributed by atoms with Gasteiger partial charge in [0.2, 0.25) is 0 Å². The molecular weight excluding hydrogens is 460 g/mol. The van der Waals surface area contributed by atoms with E-state index in [4.69, 9.17) is 0 Å². The van der Waals surface area contributed by atoms with Crippen LogP contribution in [0.25, 0.3) is 0 Å². The topological polar surface area (TPSA) is 81.6 Å². The van der Waals surface area contributed by atoms with Crippen LogP contribution in [-0.4, -0.2) is 14.4 Å². The van der Waals surface area contributed by atoms with Crippen LogP contribution >= 0.6 is 23.5 Å². The van der Waals surface area contributed by atoms with E-state index < -0.39 is 10.8 Å². The Balaban J connectivity index is 1.48. The van der Waals surface area contributed by atoms with E-state index in [-0.39, 0.29) is 11.5 Å². The monoisotopic (exact) mass is 476 g/mol. The lowest BCUT2D eigenvalue weighted by molar-refractivity contribution is 0.472. The minimum atomic E-state index is -1.67. The summed E-state index contributed by atoms with van der Waals surface area (Å²) in [4.78, 5) is 4.59. The van der Waals surface area contributed by atoms with E-state index in [0.717, 1.165) is 31.0 Å². The molecule has 4 aromatic rings. The van der Waals surface area contributed by atoms with Crippen molar-refractivity contribution in [3.63, 3.8) is 0 Å². The van der Waals surface area contributed by atoms with Gasteiger partial charge in [0.1, 0.15) is 11.5 Å². The van der Waals surface area contributed by atoms with Gasteiger partial charge in [-0.3, -0.25) is 0 Å². The first-order valence-electron chi connectivity index (χ1n) is 9.80.